The summed E-state index contributed by atoms with van der Waals surface area (Å²) in [6, 6.07) is 16.3. The van der Waals surface area contributed by atoms with Gasteiger partial charge in [-0.2, -0.15) is 0 Å². The van der Waals surface area contributed by atoms with Crippen molar-refractivity contribution in [3.8, 4) is 0 Å². The van der Waals surface area contributed by atoms with Gasteiger partial charge >= 0.3 is 0 Å². The maximum Gasteiger partial charge on any atom is 0.253 e. The predicted molar refractivity (Wildman–Crippen MR) is 98.2 cm³/mol. The van der Waals surface area contributed by atoms with Gasteiger partial charge in [-0.15, -0.1) is 0 Å². The molecule has 0 bridgehead atoms. The van der Waals surface area contributed by atoms with Gasteiger partial charge in [0, 0.05) is 17.1 Å². The number of amides is 2. The highest BCUT2D eigenvalue weighted by Crippen LogP contribution is 2.24. The van der Waals surface area contributed by atoms with E-state index in [-0.39, 0.29) is 23.9 Å². The van der Waals surface area contributed by atoms with E-state index >= 15 is 0 Å². The van der Waals surface area contributed by atoms with Gasteiger partial charge in [0.05, 0.1) is 11.6 Å². The summed E-state index contributed by atoms with van der Waals surface area (Å²) in [6.07, 6.45) is -0.931. The van der Waals surface area contributed by atoms with E-state index in [2.05, 4.69) is 21.4 Å². The summed E-state index contributed by atoms with van der Waals surface area (Å²) < 4.78 is 0. The van der Waals surface area contributed by atoms with Crippen LogP contribution in [0.1, 0.15) is 10.4 Å². The lowest BCUT2D eigenvalue weighted by Crippen LogP contribution is -2.69. The van der Waals surface area contributed by atoms with E-state index in [1.165, 1.54) is 0 Å². The molecule has 3 atom stereocenters. The Morgan fingerprint density at radius 1 is 1.12 bits per heavy atom. The zero-order valence-corrected chi connectivity index (χ0v) is 14.5. The molecule has 8 heteroatoms. The highest BCUT2D eigenvalue weighted by molar-refractivity contribution is 6.30. The van der Waals surface area contributed by atoms with Crippen LogP contribution in [0, 0.1) is 5.92 Å². The van der Waals surface area contributed by atoms with Gasteiger partial charge in [-0.05, 0) is 36.4 Å². The van der Waals surface area contributed by atoms with Crippen LogP contribution in [0.2, 0.25) is 5.02 Å². The maximum atomic E-state index is 12.4. The Balaban J connectivity index is 1.48. The Kier molecular flexibility index (Phi) is 4.50. The van der Waals surface area contributed by atoms with Crippen molar-refractivity contribution in [2.45, 2.75) is 12.5 Å². The monoisotopic (exact) mass is 371 g/mol. The molecule has 2 amide bonds. The Morgan fingerprint density at radius 3 is 2.58 bits per heavy atom. The van der Waals surface area contributed by atoms with Crippen LogP contribution in [-0.4, -0.2) is 30.8 Å². The molecule has 7 nitrogen and oxygen atoms in total. The summed E-state index contributed by atoms with van der Waals surface area (Å²) in [5, 5.41) is 11.3. The second-order valence-electron chi connectivity index (χ2n) is 6.21. The minimum Gasteiger partial charge on any atom is -0.323 e. The molecular weight excluding hydrogens is 354 g/mol. The summed E-state index contributed by atoms with van der Waals surface area (Å²) in [7, 11) is 0. The zero-order chi connectivity index (χ0) is 18.1. The number of hydrazine groups is 1. The van der Waals surface area contributed by atoms with Crippen LogP contribution in [0.25, 0.3) is 0 Å². The van der Waals surface area contributed by atoms with Gasteiger partial charge in [0.2, 0.25) is 5.91 Å². The van der Waals surface area contributed by atoms with E-state index in [0.717, 1.165) is 5.69 Å². The number of nitrogens with one attached hydrogen (secondary N) is 4. The molecule has 2 heterocycles. The van der Waals surface area contributed by atoms with Crippen LogP contribution >= 0.6 is 11.6 Å². The topological polar surface area (TPSA) is 85.5 Å². The van der Waals surface area contributed by atoms with Crippen molar-refractivity contribution in [2.24, 2.45) is 5.92 Å². The number of benzene rings is 2. The lowest BCUT2D eigenvalue weighted by molar-refractivity contribution is -0.128. The smallest absolute Gasteiger partial charge is 0.253 e. The van der Waals surface area contributed by atoms with Crippen LogP contribution in [-0.2, 0) is 4.79 Å². The van der Waals surface area contributed by atoms with Crippen LogP contribution < -0.4 is 26.4 Å². The number of carbonyl (C=O) groups is 2. The number of halogens is 1. The molecule has 2 aromatic rings. The number of carbonyl (C=O) groups excluding carboxylic acids is 2. The van der Waals surface area contributed by atoms with Crippen LogP contribution in [0.5, 0.6) is 0 Å². The summed E-state index contributed by atoms with van der Waals surface area (Å²) in [6.45, 7) is 0.524. The first kappa shape index (κ1) is 16.8. The molecule has 0 radical (unpaired) electrons. The molecule has 4 rings (SSSR count). The van der Waals surface area contributed by atoms with E-state index in [1.807, 2.05) is 35.3 Å². The molecule has 0 spiro atoms. The third-order valence-corrected chi connectivity index (χ3v) is 4.77. The fourth-order valence-corrected chi connectivity index (χ4v) is 3.34. The number of hydrogen-bond acceptors (Lipinski definition) is 5. The van der Waals surface area contributed by atoms with Gasteiger partial charge in [-0.1, -0.05) is 29.8 Å². The predicted octanol–water partition coefficient (Wildman–Crippen LogP) is 1.04. The lowest BCUT2D eigenvalue weighted by atomic mass is 10.0. The number of fused-ring (bicyclic) bond motifs is 1. The first-order chi connectivity index (χ1) is 12.6. The summed E-state index contributed by atoms with van der Waals surface area (Å²) in [5.74, 6) is -0.657. The zero-order valence-electron chi connectivity index (χ0n) is 13.8. The Bertz CT molecular complexity index is 814. The van der Waals surface area contributed by atoms with E-state index in [1.54, 1.807) is 24.3 Å². The number of para-hydroxylation sites is 1. The average molecular weight is 372 g/mol. The van der Waals surface area contributed by atoms with Gasteiger partial charge in [0.25, 0.3) is 5.91 Å². The second kappa shape index (κ2) is 6.95. The minimum atomic E-state index is -0.668. The van der Waals surface area contributed by atoms with Gasteiger partial charge in [-0.3, -0.25) is 19.9 Å². The van der Waals surface area contributed by atoms with Gasteiger partial charge in [0.15, 0.2) is 6.29 Å². The highest BCUT2D eigenvalue weighted by atomic mass is 35.5. The van der Waals surface area contributed by atoms with Crippen LogP contribution in [0.4, 0.5) is 5.69 Å². The Labute approximate surface area is 155 Å². The first-order valence-electron chi connectivity index (χ1n) is 8.32. The minimum absolute atomic E-state index is 0.110. The van der Waals surface area contributed by atoms with Crippen LogP contribution in [0.15, 0.2) is 54.6 Å². The second-order valence-corrected chi connectivity index (χ2v) is 6.64. The number of anilines is 1. The van der Waals surface area contributed by atoms with E-state index in [9.17, 15) is 9.59 Å². The summed E-state index contributed by atoms with van der Waals surface area (Å²) in [4.78, 5) is 24.8. The molecule has 0 aromatic heterocycles. The third kappa shape index (κ3) is 3.24. The fourth-order valence-electron chi connectivity index (χ4n) is 3.21. The van der Waals surface area contributed by atoms with E-state index < -0.39 is 6.29 Å². The normalized spacial score (nSPS) is 24.7. The van der Waals surface area contributed by atoms with Gasteiger partial charge in [-0.25, -0.2) is 5.43 Å². The van der Waals surface area contributed by atoms with Crippen molar-refractivity contribution in [1.29, 1.82) is 0 Å². The molecule has 134 valence electrons. The fraction of sp³-hybridized carbons (Fsp3) is 0.222. The third-order valence-electron chi connectivity index (χ3n) is 4.52. The SMILES string of the molecule is O=C(NC1NC(=O)C2CNN(c3ccccc3)C2N1)c1ccc(Cl)cc1. The molecule has 26 heavy (non-hydrogen) atoms. The van der Waals surface area contributed by atoms with Crippen LogP contribution in [0.3, 0.4) is 0 Å². The van der Waals surface area contributed by atoms with Gasteiger partial charge in [0.1, 0.15) is 6.17 Å². The highest BCUT2D eigenvalue weighted by Gasteiger charge is 2.44. The Morgan fingerprint density at radius 2 is 1.85 bits per heavy atom. The maximum absolute atomic E-state index is 12.4. The number of nitrogens with zero attached hydrogens (tertiary/aromatic N) is 1. The Hall–Kier alpha value is -2.61. The molecule has 3 unspecified atom stereocenters. The molecule has 2 saturated heterocycles. The van der Waals surface area contributed by atoms with Crippen molar-refractivity contribution in [2.75, 3.05) is 11.6 Å². The van der Waals surface area contributed by atoms with E-state index in [0.29, 0.717) is 17.1 Å². The van der Waals surface area contributed by atoms with Crippen molar-refractivity contribution in [3.63, 3.8) is 0 Å². The molecule has 2 aliphatic heterocycles. The molecule has 0 saturated carbocycles. The largest absolute Gasteiger partial charge is 0.323 e. The van der Waals surface area contributed by atoms with Crippen molar-refractivity contribution < 1.29 is 9.59 Å². The molecular formula is C18H18ClN5O2. The summed E-state index contributed by atoms with van der Waals surface area (Å²) >= 11 is 5.85. The van der Waals surface area contributed by atoms with Crippen molar-refractivity contribution in [1.82, 2.24) is 21.4 Å². The van der Waals surface area contributed by atoms with Gasteiger partial charge < -0.3 is 10.6 Å². The molecule has 2 fully saturated rings. The number of hydrogen-bond donors (Lipinski definition) is 4. The van der Waals surface area contributed by atoms with Crippen molar-refractivity contribution >= 4 is 29.1 Å². The average Bonchev–Trinajstić information content (AvgIpc) is 3.07. The first-order valence-corrected chi connectivity index (χ1v) is 8.70. The molecule has 4 N–H and O–H groups in total. The lowest BCUT2D eigenvalue weighted by Gasteiger charge is -2.37. The van der Waals surface area contributed by atoms with Crippen molar-refractivity contribution in [3.05, 3.63) is 65.2 Å². The molecule has 0 aliphatic carbocycles. The molecule has 2 aliphatic rings. The molecule has 2 aromatic carbocycles. The number of rotatable bonds is 3. The standard InChI is InChI=1S/C18H18ClN5O2/c19-12-8-6-11(7-9-12)16(25)22-18-21-15-14(17(26)23-18)10-20-24(15)13-4-2-1-3-5-13/h1-9,14-15,18,20-21H,10H2,(H,22,25)(H,23,26). The summed E-state index contributed by atoms with van der Waals surface area (Å²) in [5.41, 5.74) is 4.66. The quantitative estimate of drug-likeness (QED) is 0.648. The van der Waals surface area contributed by atoms with E-state index in [4.69, 9.17) is 11.6 Å².